The van der Waals surface area contributed by atoms with Crippen LogP contribution in [-0.4, -0.2) is 11.9 Å². The predicted molar refractivity (Wildman–Crippen MR) is 135 cm³/mol. The average Bonchev–Trinajstić information content (AvgIpc) is 2.84. The molecule has 7 nitrogen and oxygen atoms in total. The van der Waals surface area contributed by atoms with Crippen LogP contribution in [0.2, 0.25) is 0 Å². The second-order valence-corrected chi connectivity index (χ2v) is 8.50. The van der Waals surface area contributed by atoms with Gasteiger partial charge >= 0.3 is 6.03 Å². The van der Waals surface area contributed by atoms with E-state index in [0.717, 1.165) is 14.1 Å². The first-order valence-electron chi connectivity index (χ1n) is 10.5. The molecular formula is C26H20BrFN4O3. The van der Waals surface area contributed by atoms with Gasteiger partial charge in [-0.05, 0) is 60.7 Å². The van der Waals surface area contributed by atoms with Crippen molar-refractivity contribution in [1.82, 2.24) is 0 Å². The zero-order chi connectivity index (χ0) is 24.9. The van der Waals surface area contributed by atoms with E-state index in [2.05, 4.69) is 21.2 Å². The number of nitrogens with zero attached hydrogens (tertiary/aromatic N) is 2. The number of hydrogen-bond donors (Lipinski definition) is 2. The summed E-state index contributed by atoms with van der Waals surface area (Å²) in [6.07, 6.45) is 1.39. The minimum Gasteiger partial charge on any atom is -0.618 e. The molecule has 3 amide bonds. The van der Waals surface area contributed by atoms with E-state index in [-0.39, 0.29) is 5.56 Å². The number of halogens is 2. The molecule has 0 aliphatic carbocycles. The van der Waals surface area contributed by atoms with Crippen molar-refractivity contribution in [2.75, 3.05) is 10.2 Å². The van der Waals surface area contributed by atoms with Gasteiger partial charge in [-0.2, -0.15) is 4.73 Å². The van der Waals surface area contributed by atoms with E-state index >= 15 is 0 Å². The fourth-order valence-electron chi connectivity index (χ4n) is 3.69. The second-order valence-electron chi connectivity index (χ2n) is 7.59. The Bertz CT molecular complexity index is 1360. The first-order valence-corrected chi connectivity index (χ1v) is 11.3. The Morgan fingerprint density at radius 2 is 1.60 bits per heavy atom. The molecule has 4 aromatic rings. The highest BCUT2D eigenvalue weighted by Gasteiger charge is 2.33. The van der Waals surface area contributed by atoms with E-state index in [1.807, 2.05) is 0 Å². The molecule has 0 radical (unpaired) electrons. The summed E-state index contributed by atoms with van der Waals surface area (Å²) in [5, 5.41) is 14.7. The van der Waals surface area contributed by atoms with Crippen molar-refractivity contribution >= 4 is 39.2 Å². The highest BCUT2D eigenvalue weighted by molar-refractivity contribution is 9.10. The first-order chi connectivity index (χ1) is 16.8. The highest BCUT2D eigenvalue weighted by atomic mass is 79.9. The molecule has 4 rings (SSSR count). The van der Waals surface area contributed by atoms with Crippen LogP contribution >= 0.6 is 15.9 Å². The summed E-state index contributed by atoms with van der Waals surface area (Å²) in [4.78, 5) is 27.0. The minimum atomic E-state index is -1.38. The fraction of sp³-hybridized carbons (Fsp3) is 0.0385. The van der Waals surface area contributed by atoms with Crippen LogP contribution in [0.3, 0.4) is 0 Å². The van der Waals surface area contributed by atoms with E-state index in [4.69, 9.17) is 5.73 Å². The molecule has 0 spiro atoms. The smallest absolute Gasteiger partial charge is 0.320 e. The molecule has 1 aromatic heterocycles. The van der Waals surface area contributed by atoms with Gasteiger partial charge in [0.25, 0.3) is 5.91 Å². The maximum absolute atomic E-state index is 14.8. The van der Waals surface area contributed by atoms with Crippen molar-refractivity contribution in [3.8, 4) is 11.3 Å². The summed E-state index contributed by atoms with van der Waals surface area (Å²) in [6, 6.07) is 21.6. The summed E-state index contributed by atoms with van der Waals surface area (Å²) < 4.78 is 16.3. The molecule has 3 N–H and O–H groups in total. The SMILES string of the molecule is NC(=O)N(c1ccc(Br)cc1)C(C(=O)Nc1ccc(-c2cccc[n+]2[O-])cc1)c1ccccc1F. The van der Waals surface area contributed by atoms with Crippen LogP contribution in [0.15, 0.2) is 102 Å². The molecule has 0 bridgehead atoms. The summed E-state index contributed by atoms with van der Waals surface area (Å²) in [6.45, 7) is 0. The number of carbonyl (C=O) groups excluding carboxylic acids is 2. The molecule has 0 saturated carbocycles. The normalized spacial score (nSPS) is 11.5. The maximum atomic E-state index is 14.8. The zero-order valence-corrected chi connectivity index (χ0v) is 19.9. The number of primary amides is 1. The quantitative estimate of drug-likeness (QED) is 0.264. The number of hydrogen-bond acceptors (Lipinski definition) is 3. The van der Waals surface area contributed by atoms with Crippen LogP contribution in [0.5, 0.6) is 0 Å². The van der Waals surface area contributed by atoms with Crippen LogP contribution in [0.1, 0.15) is 11.6 Å². The molecule has 0 saturated heterocycles. The lowest BCUT2D eigenvalue weighted by molar-refractivity contribution is -0.593. The first kappa shape index (κ1) is 23.9. The Hall–Kier alpha value is -4.24. The molecular weight excluding hydrogens is 515 g/mol. The third kappa shape index (κ3) is 5.30. The van der Waals surface area contributed by atoms with Crippen molar-refractivity contribution in [3.63, 3.8) is 0 Å². The predicted octanol–water partition coefficient (Wildman–Crippen LogP) is 5.15. The van der Waals surface area contributed by atoms with Crippen LogP contribution in [0.25, 0.3) is 11.3 Å². The molecule has 1 heterocycles. The maximum Gasteiger partial charge on any atom is 0.320 e. The van der Waals surface area contributed by atoms with E-state index in [0.29, 0.717) is 22.6 Å². The summed E-state index contributed by atoms with van der Waals surface area (Å²) in [5.41, 5.74) is 7.47. The van der Waals surface area contributed by atoms with Crippen molar-refractivity contribution in [2.24, 2.45) is 5.73 Å². The van der Waals surface area contributed by atoms with Gasteiger partial charge in [0, 0.05) is 39.1 Å². The van der Waals surface area contributed by atoms with E-state index < -0.39 is 23.8 Å². The topological polar surface area (TPSA) is 102 Å². The summed E-state index contributed by atoms with van der Waals surface area (Å²) in [5.74, 6) is -1.32. The monoisotopic (exact) mass is 534 g/mol. The standard InChI is InChI=1S/C26H20BrFN4O3/c27-18-10-14-20(15-11-18)32(26(29)34)24(21-5-1-2-6-22(21)28)25(33)30-19-12-8-17(9-13-19)23-7-3-4-16-31(23)35/h1-16,24H,(H2,29,34)(H,30,33). The Balaban J connectivity index is 1.69. The number of rotatable bonds is 6. The van der Waals surface area contributed by atoms with Crippen LogP contribution in [0, 0.1) is 11.0 Å². The Morgan fingerprint density at radius 3 is 2.23 bits per heavy atom. The largest absolute Gasteiger partial charge is 0.618 e. The lowest BCUT2D eigenvalue weighted by Crippen LogP contribution is -2.44. The van der Waals surface area contributed by atoms with Gasteiger partial charge in [-0.3, -0.25) is 9.69 Å². The molecule has 0 fully saturated rings. The number of benzene rings is 3. The van der Waals surface area contributed by atoms with Gasteiger partial charge in [0.2, 0.25) is 5.69 Å². The summed E-state index contributed by atoms with van der Waals surface area (Å²) in [7, 11) is 0. The van der Waals surface area contributed by atoms with Gasteiger partial charge in [0.15, 0.2) is 6.20 Å². The molecule has 0 aliphatic rings. The number of amides is 3. The van der Waals surface area contributed by atoms with Crippen molar-refractivity contribution < 1.29 is 18.7 Å². The Morgan fingerprint density at radius 1 is 0.943 bits per heavy atom. The van der Waals surface area contributed by atoms with Gasteiger partial charge in [-0.15, -0.1) is 0 Å². The van der Waals surface area contributed by atoms with Gasteiger partial charge in [0.05, 0.1) is 0 Å². The fourth-order valence-corrected chi connectivity index (χ4v) is 3.95. The second kappa shape index (κ2) is 10.4. The number of aromatic nitrogens is 1. The molecule has 9 heteroatoms. The number of urea groups is 1. The molecule has 0 aliphatic heterocycles. The van der Waals surface area contributed by atoms with Crippen LogP contribution in [0.4, 0.5) is 20.6 Å². The van der Waals surface area contributed by atoms with Crippen molar-refractivity contribution in [2.45, 2.75) is 6.04 Å². The van der Waals surface area contributed by atoms with E-state index in [1.54, 1.807) is 72.8 Å². The Labute approximate surface area is 209 Å². The molecule has 35 heavy (non-hydrogen) atoms. The third-order valence-corrected chi connectivity index (χ3v) is 5.85. The Kier molecular flexibility index (Phi) is 7.07. The van der Waals surface area contributed by atoms with E-state index in [1.165, 1.54) is 24.4 Å². The number of nitrogens with one attached hydrogen (secondary N) is 1. The molecule has 176 valence electrons. The van der Waals surface area contributed by atoms with Crippen molar-refractivity contribution in [1.29, 1.82) is 0 Å². The summed E-state index contributed by atoms with van der Waals surface area (Å²) >= 11 is 3.33. The van der Waals surface area contributed by atoms with Crippen molar-refractivity contribution in [3.05, 3.63) is 118 Å². The third-order valence-electron chi connectivity index (χ3n) is 5.32. The van der Waals surface area contributed by atoms with Gasteiger partial charge in [-0.25, -0.2) is 9.18 Å². The van der Waals surface area contributed by atoms with Crippen LogP contribution < -0.4 is 20.7 Å². The zero-order valence-electron chi connectivity index (χ0n) is 18.3. The van der Waals surface area contributed by atoms with Crippen LogP contribution in [-0.2, 0) is 4.79 Å². The number of pyridine rings is 1. The highest BCUT2D eigenvalue weighted by Crippen LogP contribution is 2.31. The molecule has 1 unspecified atom stereocenters. The molecule has 1 atom stereocenters. The minimum absolute atomic E-state index is 0.0139. The lowest BCUT2D eigenvalue weighted by Gasteiger charge is -2.30. The van der Waals surface area contributed by atoms with Gasteiger partial charge < -0.3 is 16.3 Å². The van der Waals surface area contributed by atoms with Gasteiger partial charge in [0.1, 0.15) is 11.9 Å². The number of nitrogens with two attached hydrogens (primary N) is 1. The number of carbonyl (C=O) groups is 2. The average molecular weight is 535 g/mol. The lowest BCUT2D eigenvalue weighted by atomic mass is 10.0. The van der Waals surface area contributed by atoms with E-state index in [9.17, 15) is 19.2 Å². The molecule has 3 aromatic carbocycles. The van der Waals surface area contributed by atoms with Gasteiger partial charge in [-0.1, -0.05) is 34.1 Å². The number of anilines is 2.